The summed E-state index contributed by atoms with van der Waals surface area (Å²) in [5, 5.41) is 9.54. The van der Waals surface area contributed by atoms with Crippen molar-refractivity contribution in [3.8, 4) is 0 Å². The Labute approximate surface area is 125 Å². The minimum atomic E-state index is -3.55. The molecular formula is C14H20ClNO3S. The molecule has 0 saturated heterocycles. The first-order chi connectivity index (χ1) is 9.53. The molecule has 0 aromatic heterocycles. The lowest BCUT2D eigenvalue weighted by molar-refractivity contribution is 0.281. The van der Waals surface area contributed by atoms with Gasteiger partial charge in [-0.05, 0) is 36.6 Å². The summed E-state index contributed by atoms with van der Waals surface area (Å²) in [7, 11) is -3.55. The molecule has 112 valence electrons. The fourth-order valence-corrected chi connectivity index (χ4v) is 4.06. The molecule has 1 saturated carbocycles. The number of aliphatic hydroxyl groups excluding tert-OH is 1. The van der Waals surface area contributed by atoms with Crippen LogP contribution in [0.25, 0.3) is 0 Å². The first-order valence-corrected chi connectivity index (χ1v) is 8.80. The van der Waals surface area contributed by atoms with Crippen LogP contribution in [0.15, 0.2) is 23.1 Å². The largest absolute Gasteiger partial charge is 0.392 e. The standard InChI is InChI=1S/C14H20ClNO3S/c15-14-8-7-13(9-11(14)10-17)20(18,19)16-12-5-3-1-2-4-6-12/h7-9,12,16-17H,1-6,10H2. The van der Waals surface area contributed by atoms with E-state index in [1.54, 1.807) is 0 Å². The van der Waals surface area contributed by atoms with Gasteiger partial charge >= 0.3 is 0 Å². The van der Waals surface area contributed by atoms with E-state index in [2.05, 4.69) is 4.72 Å². The van der Waals surface area contributed by atoms with E-state index in [-0.39, 0.29) is 17.5 Å². The van der Waals surface area contributed by atoms with Crippen LogP contribution in [0.4, 0.5) is 0 Å². The second-order valence-electron chi connectivity index (χ2n) is 5.22. The van der Waals surface area contributed by atoms with Crippen LogP contribution in [0.1, 0.15) is 44.1 Å². The van der Waals surface area contributed by atoms with Gasteiger partial charge < -0.3 is 5.11 Å². The second kappa shape index (κ2) is 6.89. The molecule has 0 aliphatic heterocycles. The Morgan fingerprint density at radius 3 is 2.45 bits per heavy atom. The molecule has 1 fully saturated rings. The molecular weight excluding hydrogens is 298 g/mol. The van der Waals surface area contributed by atoms with Gasteiger partial charge in [0.2, 0.25) is 10.0 Å². The normalized spacial score (nSPS) is 17.9. The predicted octanol–water partition coefficient (Wildman–Crippen LogP) is 2.83. The zero-order chi connectivity index (χ0) is 14.6. The van der Waals surface area contributed by atoms with Gasteiger partial charge in [0.15, 0.2) is 0 Å². The van der Waals surface area contributed by atoms with Gasteiger partial charge in [0, 0.05) is 11.1 Å². The summed E-state index contributed by atoms with van der Waals surface area (Å²) in [6.45, 7) is -0.272. The van der Waals surface area contributed by atoms with E-state index in [1.807, 2.05) is 0 Å². The van der Waals surface area contributed by atoms with Gasteiger partial charge in [0.05, 0.1) is 11.5 Å². The average molecular weight is 318 g/mol. The van der Waals surface area contributed by atoms with E-state index >= 15 is 0 Å². The van der Waals surface area contributed by atoms with E-state index < -0.39 is 10.0 Å². The fourth-order valence-electron chi connectivity index (χ4n) is 2.52. The Bertz CT molecular complexity index is 552. The topological polar surface area (TPSA) is 66.4 Å². The lowest BCUT2D eigenvalue weighted by atomic mass is 10.1. The number of halogens is 1. The highest BCUT2D eigenvalue weighted by Gasteiger charge is 2.21. The third-order valence-electron chi connectivity index (χ3n) is 3.67. The summed E-state index contributed by atoms with van der Waals surface area (Å²) < 4.78 is 27.5. The Balaban J connectivity index is 2.17. The van der Waals surface area contributed by atoms with Crippen LogP contribution in [-0.2, 0) is 16.6 Å². The molecule has 6 heteroatoms. The van der Waals surface area contributed by atoms with Crippen molar-refractivity contribution >= 4 is 21.6 Å². The zero-order valence-corrected chi connectivity index (χ0v) is 12.9. The summed E-state index contributed by atoms with van der Waals surface area (Å²) in [6, 6.07) is 4.42. The van der Waals surface area contributed by atoms with Gasteiger partial charge in [-0.1, -0.05) is 37.3 Å². The molecule has 1 aliphatic rings. The highest BCUT2D eigenvalue weighted by atomic mass is 35.5. The number of rotatable bonds is 4. The van der Waals surface area contributed by atoms with Gasteiger partial charge in [-0.15, -0.1) is 0 Å². The van der Waals surface area contributed by atoms with Crippen LogP contribution in [0.3, 0.4) is 0 Å². The fraction of sp³-hybridized carbons (Fsp3) is 0.571. The molecule has 4 nitrogen and oxygen atoms in total. The molecule has 0 heterocycles. The number of benzene rings is 1. The third kappa shape index (κ3) is 3.95. The van der Waals surface area contributed by atoms with Crippen molar-refractivity contribution in [3.63, 3.8) is 0 Å². The molecule has 0 spiro atoms. The van der Waals surface area contributed by atoms with Crippen LogP contribution in [0.2, 0.25) is 5.02 Å². The number of hydrogen-bond donors (Lipinski definition) is 2. The van der Waals surface area contributed by atoms with Gasteiger partial charge in [-0.25, -0.2) is 13.1 Å². The lowest BCUT2D eigenvalue weighted by Gasteiger charge is -2.16. The number of nitrogens with one attached hydrogen (secondary N) is 1. The molecule has 0 unspecified atom stereocenters. The Morgan fingerprint density at radius 1 is 1.20 bits per heavy atom. The number of hydrogen-bond acceptors (Lipinski definition) is 3. The smallest absolute Gasteiger partial charge is 0.240 e. The van der Waals surface area contributed by atoms with E-state index in [0.717, 1.165) is 25.7 Å². The maximum absolute atomic E-state index is 12.4. The van der Waals surface area contributed by atoms with E-state index in [1.165, 1.54) is 31.0 Å². The van der Waals surface area contributed by atoms with E-state index in [9.17, 15) is 8.42 Å². The Kier molecular flexibility index (Phi) is 5.43. The van der Waals surface area contributed by atoms with Gasteiger partial charge in [0.1, 0.15) is 0 Å². The molecule has 20 heavy (non-hydrogen) atoms. The molecule has 2 rings (SSSR count). The van der Waals surface area contributed by atoms with Crippen LogP contribution in [0, 0.1) is 0 Å². The van der Waals surface area contributed by atoms with Crippen LogP contribution < -0.4 is 4.72 Å². The first kappa shape index (κ1) is 15.8. The maximum Gasteiger partial charge on any atom is 0.240 e. The molecule has 1 aromatic carbocycles. The summed E-state index contributed by atoms with van der Waals surface area (Å²) >= 11 is 5.88. The van der Waals surface area contributed by atoms with Gasteiger partial charge in [0.25, 0.3) is 0 Å². The second-order valence-corrected chi connectivity index (χ2v) is 7.34. The summed E-state index contributed by atoms with van der Waals surface area (Å²) in [5.74, 6) is 0. The number of aliphatic hydroxyl groups is 1. The van der Waals surface area contributed by atoms with Crippen molar-refractivity contribution in [3.05, 3.63) is 28.8 Å². The van der Waals surface area contributed by atoms with Crippen molar-refractivity contribution in [1.29, 1.82) is 0 Å². The van der Waals surface area contributed by atoms with Crippen molar-refractivity contribution in [2.75, 3.05) is 0 Å². The van der Waals surface area contributed by atoms with Crippen molar-refractivity contribution in [2.45, 2.75) is 56.1 Å². The van der Waals surface area contributed by atoms with Crippen molar-refractivity contribution < 1.29 is 13.5 Å². The third-order valence-corrected chi connectivity index (χ3v) is 5.56. The Hall–Kier alpha value is -0.620. The van der Waals surface area contributed by atoms with Crippen molar-refractivity contribution in [2.24, 2.45) is 0 Å². The molecule has 0 atom stereocenters. The minimum absolute atomic E-state index is 0.00996. The van der Waals surface area contributed by atoms with Crippen LogP contribution >= 0.6 is 11.6 Å². The zero-order valence-electron chi connectivity index (χ0n) is 11.3. The SMILES string of the molecule is O=S(=O)(NC1CCCCCC1)c1ccc(Cl)c(CO)c1. The van der Waals surface area contributed by atoms with Gasteiger partial charge in [-0.2, -0.15) is 0 Å². The molecule has 1 aromatic rings. The molecule has 1 aliphatic carbocycles. The summed E-state index contributed by atoms with van der Waals surface area (Å²) in [6.07, 6.45) is 6.26. The molecule has 0 amide bonds. The van der Waals surface area contributed by atoms with Gasteiger partial charge in [-0.3, -0.25) is 0 Å². The van der Waals surface area contributed by atoms with Crippen LogP contribution in [0.5, 0.6) is 0 Å². The highest BCUT2D eigenvalue weighted by Crippen LogP contribution is 2.23. The predicted molar refractivity (Wildman–Crippen MR) is 79.2 cm³/mol. The Morgan fingerprint density at radius 2 is 1.85 bits per heavy atom. The van der Waals surface area contributed by atoms with Crippen molar-refractivity contribution in [1.82, 2.24) is 4.72 Å². The molecule has 0 bridgehead atoms. The monoisotopic (exact) mass is 317 g/mol. The highest BCUT2D eigenvalue weighted by molar-refractivity contribution is 7.89. The lowest BCUT2D eigenvalue weighted by Crippen LogP contribution is -2.34. The van der Waals surface area contributed by atoms with Crippen LogP contribution in [-0.4, -0.2) is 19.6 Å². The minimum Gasteiger partial charge on any atom is -0.392 e. The summed E-state index contributed by atoms with van der Waals surface area (Å²) in [4.78, 5) is 0.162. The quantitative estimate of drug-likeness (QED) is 0.839. The average Bonchev–Trinajstić information content (AvgIpc) is 2.67. The maximum atomic E-state index is 12.4. The molecule has 2 N–H and O–H groups in total. The summed E-state index contributed by atoms with van der Waals surface area (Å²) in [5.41, 5.74) is 0.426. The number of sulfonamides is 1. The van der Waals surface area contributed by atoms with E-state index in [0.29, 0.717) is 10.6 Å². The molecule has 0 radical (unpaired) electrons. The van der Waals surface area contributed by atoms with E-state index in [4.69, 9.17) is 16.7 Å². The first-order valence-electron chi connectivity index (χ1n) is 6.94.